The molecule has 0 aromatic heterocycles. The first kappa shape index (κ1) is 14.9. The molecule has 3 heteroatoms. The van der Waals surface area contributed by atoms with Crippen LogP contribution in [0.25, 0.3) is 0 Å². The minimum Gasteiger partial charge on any atom is -0.267 e. The molecule has 2 aliphatic heterocycles. The fourth-order valence-corrected chi connectivity index (χ4v) is 4.60. The van der Waals surface area contributed by atoms with E-state index in [4.69, 9.17) is 0 Å². The summed E-state index contributed by atoms with van der Waals surface area (Å²) in [4.78, 5) is 12.5. The summed E-state index contributed by atoms with van der Waals surface area (Å²) in [6.07, 6.45) is 7.56. The van der Waals surface area contributed by atoms with Crippen LogP contribution in [0.4, 0.5) is 0 Å². The Balaban J connectivity index is 1.39. The van der Waals surface area contributed by atoms with Gasteiger partial charge in [0.15, 0.2) is 0 Å². The van der Waals surface area contributed by atoms with Gasteiger partial charge in [0.25, 0.3) is 5.91 Å². The second-order valence-electron chi connectivity index (χ2n) is 7.46. The third-order valence-corrected chi connectivity index (χ3v) is 5.99. The first-order valence-electron chi connectivity index (χ1n) is 9.41. The second-order valence-corrected chi connectivity index (χ2v) is 7.46. The van der Waals surface area contributed by atoms with Gasteiger partial charge in [0, 0.05) is 12.0 Å². The van der Waals surface area contributed by atoms with Crippen LogP contribution in [0.2, 0.25) is 0 Å². The number of carbonyl (C=O) groups is 1. The van der Waals surface area contributed by atoms with Gasteiger partial charge >= 0.3 is 0 Å². The number of nitrogens with zero attached hydrogens (tertiary/aromatic N) is 2. The van der Waals surface area contributed by atoms with E-state index in [9.17, 15) is 4.79 Å². The molecule has 0 radical (unpaired) electrons. The third-order valence-electron chi connectivity index (χ3n) is 5.99. The molecule has 2 heterocycles. The zero-order valence-corrected chi connectivity index (χ0v) is 14.3. The van der Waals surface area contributed by atoms with E-state index in [0.29, 0.717) is 0 Å². The van der Waals surface area contributed by atoms with E-state index in [1.807, 2.05) is 18.2 Å². The van der Waals surface area contributed by atoms with Crippen LogP contribution >= 0.6 is 0 Å². The van der Waals surface area contributed by atoms with Gasteiger partial charge in [-0.1, -0.05) is 61.7 Å². The third kappa shape index (κ3) is 2.41. The van der Waals surface area contributed by atoms with E-state index in [1.54, 1.807) is 5.01 Å². The van der Waals surface area contributed by atoms with Crippen LogP contribution in [0.5, 0.6) is 0 Å². The SMILES string of the molecule is O=C1c2ccccc2[C@@H]2CC(c3ccc(C4CCCCC4)cc3)=NN12. The highest BCUT2D eigenvalue weighted by Crippen LogP contribution is 2.41. The van der Waals surface area contributed by atoms with Gasteiger partial charge in [-0.25, -0.2) is 5.01 Å². The number of rotatable bonds is 2. The molecule has 1 aliphatic carbocycles. The van der Waals surface area contributed by atoms with E-state index in [-0.39, 0.29) is 11.9 Å². The van der Waals surface area contributed by atoms with Crippen molar-refractivity contribution in [1.82, 2.24) is 5.01 Å². The zero-order valence-electron chi connectivity index (χ0n) is 14.3. The normalized spacial score (nSPS) is 22.7. The summed E-state index contributed by atoms with van der Waals surface area (Å²) in [5.74, 6) is 0.763. The van der Waals surface area contributed by atoms with Crippen molar-refractivity contribution in [3.05, 3.63) is 70.8 Å². The lowest BCUT2D eigenvalue weighted by Crippen LogP contribution is -2.17. The Morgan fingerprint density at radius 3 is 2.48 bits per heavy atom. The van der Waals surface area contributed by atoms with Crippen molar-refractivity contribution in [1.29, 1.82) is 0 Å². The first-order valence-corrected chi connectivity index (χ1v) is 9.41. The molecule has 126 valence electrons. The van der Waals surface area contributed by atoms with Gasteiger partial charge in [-0.2, -0.15) is 5.10 Å². The van der Waals surface area contributed by atoms with Crippen LogP contribution in [0.15, 0.2) is 53.6 Å². The fraction of sp³-hybridized carbons (Fsp3) is 0.364. The Hall–Kier alpha value is -2.42. The predicted octanol–water partition coefficient (Wildman–Crippen LogP) is 5.04. The molecule has 2 aromatic rings. The van der Waals surface area contributed by atoms with Crippen molar-refractivity contribution in [2.45, 2.75) is 50.5 Å². The number of benzene rings is 2. The standard InChI is InChI=1S/C22H22N2O/c25-22-19-9-5-4-8-18(19)21-14-20(23-24(21)22)17-12-10-16(11-13-17)15-6-2-1-3-7-15/h4-5,8-13,15,21H,1-3,6-7,14H2/t21-/m0/s1. The molecule has 3 nitrogen and oxygen atoms in total. The quantitative estimate of drug-likeness (QED) is 0.759. The van der Waals surface area contributed by atoms with Crippen LogP contribution in [-0.4, -0.2) is 16.6 Å². The Morgan fingerprint density at radius 2 is 1.68 bits per heavy atom. The lowest BCUT2D eigenvalue weighted by molar-refractivity contribution is 0.0756. The summed E-state index contributed by atoms with van der Waals surface area (Å²) in [5.41, 5.74) is 5.57. The minimum atomic E-state index is 0.0365. The van der Waals surface area contributed by atoms with E-state index < -0.39 is 0 Å². The van der Waals surface area contributed by atoms with Crippen LogP contribution in [0, 0.1) is 0 Å². The van der Waals surface area contributed by atoms with E-state index in [0.717, 1.165) is 34.7 Å². The summed E-state index contributed by atoms with van der Waals surface area (Å²) < 4.78 is 0. The van der Waals surface area contributed by atoms with Gasteiger partial charge < -0.3 is 0 Å². The van der Waals surface area contributed by atoms with Crippen molar-refractivity contribution in [2.75, 3.05) is 0 Å². The van der Waals surface area contributed by atoms with Crippen molar-refractivity contribution in [2.24, 2.45) is 5.10 Å². The van der Waals surface area contributed by atoms with E-state index >= 15 is 0 Å². The number of amides is 1. The zero-order chi connectivity index (χ0) is 16.8. The van der Waals surface area contributed by atoms with Gasteiger partial charge in [-0.3, -0.25) is 4.79 Å². The maximum absolute atomic E-state index is 12.5. The Kier molecular flexibility index (Phi) is 3.47. The molecule has 1 saturated carbocycles. The number of hydrogen-bond acceptors (Lipinski definition) is 2. The average molecular weight is 330 g/mol. The van der Waals surface area contributed by atoms with Gasteiger partial charge in [0.2, 0.25) is 0 Å². The highest BCUT2D eigenvalue weighted by Gasteiger charge is 2.41. The highest BCUT2D eigenvalue weighted by atomic mass is 16.2. The summed E-state index contributed by atoms with van der Waals surface area (Å²) in [6, 6.07) is 16.9. The van der Waals surface area contributed by atoms with Crippen molar-refractivity contribution < 1.29 is 4.79 Å². The Morgan fingerprint density at radius 1 is 0.920 bits per heavy atom. The molecule has 1 atom stereocenters. The number of hydrazone groups is 1. The van der Waals surface area contributed by atoms with Crippen LogP contribution in [-0.2, 0) is 0 Å². The van der Waals surface area contributed by atoms with Gasteiger partial charge in [0.05, 0.1) is 11.8 Å². The maximum Gasteiger partial charge on any atom is 0.274 e. The topological polar surface area (TPSA) is 32.7 Å². The highest BCUT2D eigenvalue weighted by molar-refractivity contribution is 6.07. The number of carbonyl (C=O) groups excluding carboxylic acids is 1. The van der Waals surface area contributed by atoms with Gasteiger partial charge in [-0.15, -0.1) is 0 Å². The molecular formula is C22H22N2O. The molecule has 0 bridgehead atoms. The van der Waals surface area contributed by atoms with Crippen LogP contribution in [0.1, 0.15) is 77.5 Å². The summed E-state index contributed by atoms with van der Waals surface area (Å²) >= 11 is 0. The predicted molar refractivity (Wildman–Crippen MR) is 98.8 cm³/mol. The smallest absolute Gasteiger partial charge is 0.267 e. The molecule has 0 N–H and O–H groups in total. The number of hydrogen-bond donors (Lipinski definition) is 0. The molecule has 0 saturated heterocycles. The summed E-state index contributed by atoms with van der Waals surface area (Å²) in [6.45, 7) is 0. The fourth-order valence-electron chi connectivity index (χ4n) is 4.60. The lowest BCUT2D eigenvalue weighted by atomic mass is 9.83. The van der Waals surface area contributed by atoms with E-state index in [1.165, 1.54) is 37.7 Å². The molecule has 2 aromatic carbocycles. The monoisotopic (exact) mass is 330 g/mol. The maximum atomic E-state index is 12.5. The molecule has 0 unspecified atom stereocenters. The van der Waals surface area contributed by atoms with E-state index in [2.05, 4.69) is 35.4 Å². The lowest BCUT2D eigenvalue weighted by Gasteiger charge is -2.22. The van der Waals surface area contributed by atoms with Crippen molar-refractivity contribution >= 4 is 11.6 Å². The second kappa shape index (κ2) is 5.83. The number of fused-ring (bicyclic) bond motifs is 3. The first-order chi connectivity index (χ1) is 12.3. The van der Waals surface area contributed by atoms with Gasteiger partial charge in [0.1, 0.15) is 0 Å². The largest absolute Gasteiger partial charge is 0.274 e. The Bertz CT molecular complexity index is 847. The summed E-state index contributed by atoms with van der Waals surface area (Å²) in [7, 11) is 0. The molecule has 1 fully saturated rings. The van der Waals surface area contributed by atoms with Crippen molar-refractivity contribution in [3.8, 4) is 0 Å². The molecule has 0 spiro atoms. The van der Waals surface area contributed by atoms with Crippen LogP contribution in [0.3, 0.4) is 0 Å². The molecule has 25 heavy (non-hydrogen) atoms. The van der Waals surface area contributed by atoms with Crippen molar-refractivity contribution in [3.63, 3.8) is 0 Å². The summed E-state index contributed by atoms with van der Waals surface area (Å²) in [5, 5.41) is 6.33. The Labute approximate surface area is 148 Å². The minimum absolute atomic E-state index is 0.0365. The molecule has 5 rings (SSSR count). The average Bonchev–Trinajstić information content (AvgIpc) is 3.23. The van der Waals surface area contributed by atoms with Crippen LogP contribution < -0.4 is 0 Å². The molecular weight excluding hydrogens is 308 g/mol. The molecule has 3 aliphatic rings. The van der Waals surface area contributed by atoms with Gasteiger partial charge in [-0.05, 0) is 41.5 Å². The molecule has 1 amide bonds.